The summed E-state index contributed by atoms with van der Waals surface area (Å²) < 4.78 is 54.7. The van der Waals surface area contributed by atoms with Crippen LogP contribution in [0, 0.1) is 16.4 Å². The van der Waals surface area contributed by atoms with Crippen LogP contribution in [0.1, 0.15) is 5.56 Å². The molecule has 29 heavy (non-hydrogen) atoms. The van der Waals surface area contributed by atoms with E-state index in [1.165, 1.54) is 17.9 Å². The number of H-pyrrole nitrogens is 1. The van der Waals surface area contributed by atoms with Crippen LogP contribution in [0.15, 0.2) is 40.2 Å². The van der Waals surface area contributed by atoms with Crippen molar-refractivity contribution in [3.8, 4) is 5.88 Å². The first-order valence-electron chi connectivity index (χ1n) is 8.33. The van der Waals surface area contributed by atoms with Crippen LogP contribution < -0.4 is 10.4 Å². The van der Waals surface area contributed by atoms with Gasteiger partial charge in [-0.05, 0) is 18.2 Å². The minimum Gasteiger partial charge on any atom is -0.481 e. The van der Waals surface area contributed by atoms with Gasteiger partial charge >= 0.3 is 5.69 Å². The maximum atomic E-state index is 14.6. The number of nitrogens with one attached hydrogen (secondary N) is 2. The number of pyridine rings is 2. The molecule has 1 atom stereocenters. The highest BCUT2D eigenvalue weighted by atomic mass is 32.2. The van der Waals surface area contributed by atoms with Crippen LogP contribution in [-0.2, 0) is 16.3 Å². The third-order valence-electron chi connectivity index (χ3n) is 4.52. The Kier molecular flexibility index (Phi) is 4.34. The summed E-state index contributed by atoms with van der Waals surface area (Å²) in [6.07, 6.45) is 2.48. The monoisotopic (exact) mass is 419 g/mol. The molecule has 0 bridgehead atoms. The van der Waals surface area contributed by atoms with E-state index in [2.05, 4.69) is 15.0 Å². The van der Waals surface area contributed by atoms with Gasteiger partial charge in [0.05, 0.1) is 45.5 Å². The molecule has 3 aromatic heterocycles. The molecule has 0 amide bonds. The number of nitrogens with zero attached hydrogens (tertiary/aromatic N) is 3. The van der Waals surface area contributed by atoms with Gasteiger partial charge in [-0.2, -0.15) is 4.98 Å². The van der Waals surface area contributed by atoms with Crippen molar-refractivity contribution in [3.63, 3.8) is 0 Å². The number of rotatable bonds is 4. The van der Waals surface area contributed by atoms with Gasteiger partial charge in [0.25, 0.3) is 0 Å². The SMILES string of the molecule is COc1ccc2c(ncc3[nH]c(=O)n(Cc4c(F)cc(S(C)(=N)=O)cc4F)c32)n1. The molecule has 0 aliphatic heterocycles. The molecule has 2 N–H and O–H groups in total. The molecule has 4 aromatic rings. The van der Waals surface area contributed by atoms with E-state index >= 15 is 0 Å². The Morgan fingerprint density at radius 1 is 1.28 bits per heavy atom. The predicted octanol–water partition coefficient (Wildman–Crippen LogP) is 2.64. The molecule has 0 saturated heterocycles. The standard InChI is InChI=1S/C18H15F2N5O3S/c1-28-15-4-3-10-16-14(7-22-17(10)24-15)23-18(26)25(16)8-11-12(19)5-9(6-13(11)20)29(2,21)27/h3-7,21H,8H2,1-2H3,(H,23,26). The van der Waals surface area contributed by atoms with Crippen molar-refractivity contribution < 1.29 is 17.7 Å². The third-order valence-corrected chi connectivity index (χ3v) is 5.66. The lowest BCUT2D eigenvalue weighted by atomic mass is 10.2. The predicted molar refractivity (Wildman–Crippen MR) is 103 cm³/mol. The number of hydrogen-bond donors (Lipinski definition) is 2. The number of halogens is 2. The first kappa shape index (κ1) is 19.0. The Morgan fingerprint density at radius 2 is 1.97 bits per heavy atom. The van der Waals surface area contributed by atoms with Gasteiger partial charge in [0.1, 0.15) is 11.6 Å². The molecule has 0 fully saturated rings. The van der Waals surface area contributed by atoms with Gasteiger partial charge in [-0.25, -0.2) is 27.5 Å². The van der Waals surface area contributed by atoms with Crippen molar-refractivity contribution in [2.24, 2.45) is 0 Å². The molecular formula is C18H15F2N5O3S. The van der Waals surface area contributed by atoms with E-state index < -0.39 is 33.6 Å². The van der Waals surface area contributed by atoms with Gasteiger partial charge in [-0.1, -0.05) is 0 Å². The van der Waals surface area contributed by atoms with Crippen molar-refractivity contribution in [1.29, 1.82) is 4.78 Å². The fourth-order valence-electron chi connectivity index (χ4n) is 3.09. The number of aromatic nitrogens is 4. The molecule has 1 aromatic carbocycles. The molecule has 11 heteroatoms. The van der Waals surface area contributed by atoms with Gasteiger partial charge in [0.2, 0.25) is 5.88 Å². The maximum Gasteiger partial charge on any atom is 0.326 e. The van der Waals surface area contributed by atoms with Crippen LogP contribution in [0.3, 0.4) is 0 Å². The number of methoxy groups -OCH3 is 1. The van der Waals surface area contributed by atoms with Crippen molar-refractivity contribution in [2.75, 3.05) is 13.4 Å². The van der Waals surface area contributed by atoms with E-state index in [9.17, 15) is 17.8 Å². The molecular weight excluding hydrogens is 404 g/mol. The summed E-state index contributed by atoms with van der Waals surface area (Å²) >= 11 is 0. The van der Waals surface area contributed by atoms with E-state index in [0.29, 0.717) is 27.9 Å². The quantitative estimate of drug-likeness (QED) is 0.528. The Bertz CT molecular complexity index is 1420. The van der Waals surface area contributed by atoms with Gasteiger partial charge in [-0.3, -0.25) is 4.57 Å². The van der Waals surface area contributed by atoms with Crippen molar-refractivity contribution in [1.82, 2.24) is 19.5 Å². The van der Waals surface area contributed by atoms with E-state index in [1.54, 1.807) is 12.1 Å². The van der Waals surface area contributed by atoms with E-state index in [4.69, 9.17) is 9.52 Å². The average molecular weight is 419 g/mol. The molecule has 0 aliphatic carbocycles. The topological polar surface area (TPSA) is 114 Å². The smallest absolute Gasteiger partial charge is 0.326 e. The summed E-state index contributed by atoms with van der Waals surface area (Å²) in [5.74, 6) is -1.64. The highest BCUT2D eigenvalue weighted by Crippen LogP contribution is 2.25. The molecule has 1 unspecified atom stereocenters. The molecule has 0 aliphatic rings. The second kappa shape index (κ2) is 6.62. The molecule has 0 radical (unpaired) electrons. The van der Waals surface area contributed by atoms with Crippen molar-refractivity contribution in [3.05, 3.63) is 58.1 Å². The fraction of sp³-hybridized carbons (Fsp3) is 0.167. The zero-order valence-corrected chi connectivity index (χ0v) is 16.1. The van der Waals surface area contributed by atoms with Crippen molar-refractivity contribution >= 4 is 31.8 Å². The van der Waals surface area contributed by atoms with Crippen molar-refractivity contribution in [2.45, 2.75) is 11.4 Å². The van der Waals surface area contributed by atoms with Crippen LogP contribution in [0.25, 0.3) is 22.1 Å². The number of imidazole rings is 1. The van der Waals surface area contributed by atoms with Crippen LogP contribution in [0.2, 0.25) is 0 Å². The number of ether oxygens (including phenoxy) is 1. The van der Waals surface area contributed by atoms with Crippen LogP contribution in [0.5, 0.6) is 5.88 Å². The van der Waals surface area contributed by atoms with E-state index in [-0.39, 0.29) is 10.5 Å². The Balaban J connectivity index is 1.92. The lowest BCUT2D eigenvalue weighted by molar-refractivity contribution is 0.399. The third kappa shape index (κ3) is 3.23. The summed E-state index contributed by atoms with van der Waals surface area (Å²) in [4.78, 5) is 23.2. The van der Waals surface area contributed by atoms with Gasteiger partial charge in [0.15, 0.2) is 5.65 Å². The first-order chi connectivity index (χ1) is 13.7. The zero-order chi connectivity index (χ0) is 20.9. The average Bonchev–Trinajstić information content (AvgIpc) is 2.98. The Morgan fingerprint density at radius 3 is 2.59 bits per heavy atom. The Hall–Kier alpha value is -3.34. The second-order valence-electron chi connectivity index (χ2n) is 6.47. The van der Waals surface area contributed by atoms with E-state index in [0.717, 1.165) is 18.4 Å². The fourth-order valence-corrected chi connectivity index (χ4v) is 3.75. The molecule has 4 rings (SSSR count). The number of aromatic amines is 1. The largest absolute Gasteiger partial charge is 0.481 e. The van der Waals surface area contributed by atoms with Crippen LogP contribution in [-0.4, -0.2) is 37.1 Å². The summed E-state index contributed by atoms with van der Waals surface area (Å²) in [5.41, 5.74) is 0.118. The highest BCUT2D eigenvalue weighted by molar-refractivity contribution is 7.91. The Labute approximate surface area is 163 Å². The molecule has 8 nitrogen and oxygen atoms in total. The zero-order valence-electron chi connectivity index (χ0n) is 15.3. The summed E-state index contributed by atoms with van der Waals surface area (Å²) in [6, 6.07) is 4.97. The van der Waals surface area contributed by atoms with Gasteiger partial charge in [0, 0.05) is 23.3 Å². The van der Waals surface area contributed by atoms with Gasteiger partial charge < -0.3 is 9.72 Å². The molecule has 0 saturated carbocycles. The summed E-state index contributed by atoms with van der Waals surface area (Å²) in [5, 5.41) is 0.502. The summed E-state index contributed by atoms with van der Waals surface area (Å²) in [6.45, 7) is -0.412. The van der Waals surface area contributed by atoms with Gasteiger partial charge in [-0.15, -0.1) is 0 Å². The first-order valence-corrected chi connectivity index (χ1v) is 10.3. The minimum absolute atomic E-state index is 0.256. The highest BCUT2D eigenvalue weighted by Gasteiger charge is 2.19. The molecule has 3 heterocycles. The van der Waals surface area contributed by atoms with E-state index in [1.807, 2.05) is 0 Å². The normalized spacial score (nSPS) is 13.7. The minimum atomic E-state index is -3.29. The molecule has 0 spiro atoms. The lowest BCUT2D eigenvalue weighted by Crippen LogP contribution is -2.19. The number of benzene rings is 1. The molecule has 150 valence electrons. The number of fused-ring (bicyclic) bond motifs is 3. The number of hydrogen-bond acceptors (Lipinski definition) is 6. The van der Waals surface area contributed by atoms with Crippen LogP contribution in [0.4, 0.5) is 8.78 Å². The van der Waals surface area contributed by atoms with Crippen LogP contribution >= 0.6 is 0 Å². The second-order valence-corrected chi connectivity index (χ2v) is 8.63. The summed E-state index contributed by atoms with van der Waals surface area (Å²) in [7, 11) is -1.83. The maximum absolute atomic E-state index is 14.6. The lowest BCUT2D eigenvalue weighted by Gasteiger charge is -2.10.